The summed E-state index contributed by atoms with van der Waals surface area (Å²) in [4.78, 5) is 14.0. The van der Waals surface area contributed by atoms with Crippen LogP contribution in [0.25, 0.3) is 0 Å². The van der Waals surface area contributed by atoms with Crippen molar-refractivity contribution in [3.05, 3.63) is 0 Å². The molecule has 0 radical (unpaired) electrons. The monoisotopic (exact) mass is 255 g/mol. The largest absolute Gasteiger partial charge is 0.353 e. The minimum Gasteiger partial charge on any atom is -0.353 e. The van der Waals surface area contributed by atoms with E-state index in [9.17, 15) is 4.79 Å². The van der Waals surface area contributed by atoms with Gasteiger partial charge in [0.05, 0.1) is 6.54 Å². The number of rotatable bonds is 7. The number of nitrogens with zero attached hydrogens (tertiary/aromatic N) is 1. The Bertz CT molecular complexity index is 239. The first-order valence-corrected chi connectivity index (χ1v) is 7.30. The summed E-state index contributed by atoms with van der Waals surface area (Å²) in [6.45, 7) is 8.03. The van der Waals surface area contributed by atoms with E-state index in [0.717, 1.165) is 38.4 Å². The Kier molecular flexibility index (Phi) is 7.28. The van der Waals surface area contributed by atoms with Crippen LogP contribution in [0, 0.1) is 5.92 Å². The van der Waals surface area contributed by atoms with Gasteiger partial charge in [-0.3, -0.25) is 9.69 Å². The van der Waals surface area contributed by atoms with Gasteiger partial charge in [-0.15, -0.1) is 0 Å². The van der Waals surface area contributed by atoms with E-state index in [1.807, 2.05) is 7.05 Å². The smallest absolute Gasteiger partial charge is 0.234 e. The van der Waals surface area contributed by atoms with Crippen LogP contribution < -0.4 is 10.6 Å². The highest BCUT2D eigenvalue weighted by Crippen LogP contribution is 2.12. The Hall–Kier alpha value is -0.610. The van der Waals surface area contributed by atoms with E-state index in [1.54, 1.807) is 0 Å². The molecule has 0 aromatic rings. The van der Waals surface area contributed by atoms with Crippen molar-refractivity contribution in [1.82, 2.24) is 15.5 Å². The first kappa shape index (κ1) is 15.4. The SMILES string of the molecule is CCCC(C)NC(=O)CN(C)CC1CCNCC1. The van der Waals surface area contributed by atoms with Crippen molar-refractivity contribution in [2.24, 2.45) is 5.92 Å². The Morgan fingerprint density at radius 2 is 2.11 bits per heavy atom. The zero-order valence-electron chi connectivity index (χ0n) is 12.2. The highest BCUT2D eigenvalue weighted by molar-refractivity contribution is 5.78. The highest BCUT2D eigenvalue weighted by atomic mass is 16.2. The van der Waals surface area contributed by atoms with Crippen molar-refractivity contribution in [3.63, 3.8) is 0 Å². The van der Waals surface area contributed by atoms with Crippen molar-refractivity contribution < 1.29 is 4.79 Å². The second-order valence-corrected chi connectivity index (χ2v) is 5.65. The van der Waals surface area contributed by atoms with Crippen molar-refractivity contribution in [1.29, 1.82) is 0 Å². The van der Waals surface area contributed by atoms with E-state index in [0.29, 0.717) is 12.6 Å². The lowest BCUT2D eigenvalue weighted by Crippen LogP contribution is -2.42. The third-order valence-corrected chi connectivity index (χ3v) is 3.57. The maximum atomic E-state index is 11.8. The number of hydrogen-bond acceptors (Lipinski definition) is 3. The van der Waals surface area contributed by atoms with Crippen molar-refractivity contribution in [2.45, 2.75) is 45.6 Å². The van der Waals surface area contributed by atoms with Crippen LogP contribution >= 0.6 is 0 Å². The molecule has 2 N–H and O–H groups in total. The summed E-state index contributed by atoms with van der Waals surface area (Å²) in [6, 6.07) is 0.301. The summed E-state index contributed by atoms with van der Waals surface area (Å²) in [7, 11) is 2.05. The molecule has 1 aliphatic heterocycles. The van der Waals surface area contributed by atoms with Crippen molar-refractivity contribution in [3.8, 4) is 0 Å². The topological polar surface area (TPSA) is 44.4 Å². The van der Waals surface area contributed by atoms with Gasteiger partial charge in [0.25, 0.3) is 0 Å². The number of carbonyl (C=O) groups excluding carboxylic acids is 1. The van der Waals surface area contributed by atoms with E-state index in [1.165, 1.54) is 12.8 Å². The number of likely N-dealkylation sites (N-methyl/N-ethyl adjacent to an activating group) is 1. The molecule has 1 amide bonds. The molecule has 4 heteroatoms. The third-order valence-electron chi connectivity index (χ3n) is 3.57. The molecule has 18 heavy (non-hydrogen) atoms. The van der Waals surface area contributed by atoms with Gasteiger partial charge in [0.2, 0.25) is 5.91 Å². The Morgan fingerprint density at radius 3 is 2.72 bits per heavy atom. The van der Waals surface area contributed by atoms with Crippen LogP contribution in [0.4, 0.5) is 0 Å². The van der Waals surface area contributed by atoms with Gasteiger partial charge in [0, 0.05) is 12.6 Å². The minimum atomic E-state index is 0.160. The molecule has 0 aromatic carbocycles. The van der Waals surface area contributed by atoms with E-state index < -0.39 is 0 Å². The third kappa shape index (κ3) is 6.36. The molecule has 1 heterocycles. The zero-order chi connectivity index (χ0) is 13.4. The molecule has 0 aliphatic carbocycles. The summed E-state index contributed by atoms with van der Waals surface area (Å²) in [5.41, 5.74) is 0. The van der Waals surface area contributed by atoms with Crippen LogP contribution in [0.2, 0.25) is 0 Å². The molecule has 1 rings (SSSR count). The maximum Gasteiger partial charge on any atom is 0.234 e. The molecular weight excluding hydrogens is 226 g/mol. The number of amides is 1. The highest BCUT2D eigenvalue weighted by Gasteiger charge is 2.16. The number of hydrogen-bond donors (Lipinski definition) is 2. The van der Waals surface area contributed by atoms with Gasteiger partial charge < -0.3 is 10.6 Å². The van der Waals surface area contributed by atoms with Crippen LogP contribution in [-0.2, 0) is 4.79 Å². The summed E-state index contributed by atoms with van der Waals surface area (Å²) < 4.78 is 0. The maximum absolute atomic E-state index is 11.8. The summed E-state index contributed by atoms with van der Waals surface area (Å²) in [6.07, 6.45) is 4.65. The lowest BCUT2D eigenvalue weighted by molar-refractivity contribution is -0.122. The molecule has 1 saturated heterocycles. The molecular formula is C14H29N3O. The molecule has 0 spiro atoms. The fraction of sp³-hybridized carbons (Fsp3) is 0.929. The van der Waals surface area contributed by atoms with E-state index in [2.05, 4.69) is 29.4 Å². The van der Waals surface area contributed by atoms with Gasteiger partial charge in [-0.1, -0.05) is 13.3 Å². The number of piperidine rings is 1. The quantitative estimate of drug-likeness (QED) is 0.719. The molecule has 0 saturated carbocycles. The van der Waals surface area contributed by atoms with Crippen LogP contribution in [0.5, 0.6) is 0 Å². The average Bonchev–Trinajstić information content (AvgIpc) is 2.29. The predicted octanol–water partition coefficient (Wildman–Crippen LogP) is 1.22. The van der Waals surface area contributed by atoms with Gasteiger partial charge in [0.1, 0.15) is 0 Å². The normalized spacial score (nSPS) is 18.9. The fourth-order valence-corrected chi connectivity index (χ4v) is 2.64. The van der Waals surface area contributed by atoms with Gasteiger partial charge in [-0.05, 0) is 52.2 Å². The van der Waals surface area contributed by atoms with Gasteiger partial charge in [-0.25, -0.2) is 0 Å². The average molecular weight is 255 g/mol. The zero-order valence-corrected chi connectivity index (χ0v) is 12.2. The molecule has 4 nitrogen and oxygen atoms in total. The lowest BCUT2D eigenvalue weighted by Gasteiger charge is -2.27. The first-order valence-electron chi connectivity index (χ1n) is 7.30. The van der Waals surface area contributed by atoms with Gasteiger partial charge in [-0.2, -0.15) is 0 Å². The predicted molar refractivity (Wildman–Crippen MR) is 75.6 cm³/mol. The first-order chi connectivity index (χ1) is 8.61. The summed E-state index contributed by atoms with van der Waals surface area (Å²) >= 11 is 0. The molecule has 106 valence electrons. The minimum absolute atomic E-state index is 0.160. The van der Waals surface area contributed by atoms with Crippen LogP contribution in [-0.4, -0.2) is 50.1 Å². The Balaban J connectivity index is 2.17. The van der Waals surface area contributed by atoms with Crippen LogP contribution in [0.15, 0.2) is 0 Å². The standard InChI is InChI=1S/C14H29N3O/c1-4-5-12(2)16-14(18)11-17(3)10-13-6-8-15-9-7-13/h12-13,15H,4-11H2,1-3H3,(H,16,18). The molecule has 1 aliphatic rings. The fourth-order valence-electron chi connectivity index (χ4n) is 2.64. The van der Waals surface area contributed by atoms with Gasteiger partial charge in [0.15, 0.2) is 0 Å². The number of carbonyl (C=O) groups is 1. The van der Waals surface area contributed by atoms with E-state index in [-0.39, 0.29) is 5.91 Å². The Labute approximate surface area is 111 Å². The number of nitrogens with one attached hydrogen (secondary N) is 2. The van der Waals surface area contributed by atoms with Crippen LogP contribution in [0.3, 0.4) is 0 Å². The van der Waals surface area contributed by atoms with E-state index >= 15 is 0 Å². The van der Waals surface area contributed by atoms with Crippen molar-refractivity contribution in [2.75, 3.05) is 33.2 Å². The second-order valence-electron chi connectivity index (χ2n) is 5.65. The Morgan fingerprint density at radius 1 is 1.44 bits per heavy atom. The molecule has 1 atom stereocenters. The van der Waals surface area contributed by atoms with Crippen molar-refractivity contribution >= 4 is 5.91 Å². The van der Waals surface area contributed by atoms with Crippen LogP contribution in [0.1, 0.15) is 39.5 Å². The summed E-state index contributed by atoms with van der Waals surface area (Å²) in [5, 5.41) is 6.43. The molecule has 0 bridgehead atoms. The molecule has 0 aromatic heterocycles. The molecule has 1 fully saturated rings. The van der Waals surface area contributed by atoms with Gasteiger partial charge >= 0.3 is 0 Å². The van der Waals surface area contributed by atoms with E-state index in [4.69, 9.17) is 0 Å². The lowest BCUT2D eigenvalue weighted by atomic mass is 9.98. The molecule has 1 unspecified atom stereocenters. The summed E-state index contributed by atoms with van der Waals surface area (Å²) in [5.74, 6) is 0.907. The second kappa shape index (κ2) is 8.48.